The fourth-order valence-electron chi connectivity index (χ4n) is 2.44. The van der Waals surface area contributed by atoms with Gasteiger partial charge in [0.1, 0.15) is 0 Å². The number of ether oxygens (including phenoxy) is 1. The molecule has 0 aliphatic heterocycles. The largest absolute Gasteiger partial charge is 0.469 e. The van der Waals surface area contributed by atoms with E-state index in [1.165, 1.54) is 12.5 Å². The molecule has 2 aromatic rings. The monoisotopic (exact) mass is 271 g/mol. The summed E-state index contributed by atoms with van der Waals surface area (Å²) in [6.45, 7) is 3.94. The quantitative estimate of drug-likeness (QED) is 0.870. The molecule has 0 bridgehead atoms. The van der Waals surface area contributed by atoms with E-state index in [1.807, 2.05) is 26.0 Å². The summed E-state index contributed by atoms with van der Waals surface area (Å²) < 4.78 is 4.81. The number of benzene rings is 2. The van der Waals surface area contributed by atoms with Crippen LogP contribution in [-0.4, -0.2) is 19.1 Å². The van der Waals surface area contributed by atoms with Crippen molar-refractivity contribution in [1.82, 2.24) is 0 Å². The van der Waals surface area contributed by atoms with Crippen molar-refractivity contribution >= 4 is 16.7 Å². The standard InChI is InChI=1S/C17H21NO2/c1-12(18)17(2,11-16(19)20-3)15-9-8-13-6-4-5-7-14(13)10-15/h4-10,12H,11,18H2,1-3H3. The Morgan fingerprint density at radius 3 is 2.50 bits per heavy atom. The van der Waals surface area contributed by atoms with E-state index in [9.17, 15) is 4.79 Å². The third-order valence-corrected chi connectivity index (χ3v) is 4.15. The zero-order valence-electron chi connectivity index (χ0n) is 12.2. The van der Waals surface area contributed by atoms with Gasteiger partial charge in [-0.1, -0.05) is 49.4 Å². The maximum absolute atomic E-state index is 11.7. The molecule has 106 valence electrons. The first-order chi connectivity index (χ1) is 9.47. The molecule has 0 saturated heterocycles. The van der Waals surface area contributed by atoms with E-state index in [1.54, 1.807) is 0 Å². The molecule has 0 aliphatic carbocycles. The summed E-state index contributed by atoms with van der Waals surface area (Å²) >= 11 is 0. The lowest BCUT2D eigenvalue weighted by atomic mass is 9.74. The van der Waals surface area contributed by atoms with E-state index in [0.29, 0.717) is 0 Å². The number of fused-ring (bicyclic) bond motifs is 1. The van der Waals surface area contributed by atoms with Crippen LogP contribution >= 0.6 is 0 Å². The fraction of sp³-hybridized carbons (Fsp3) is 0.353. The minimum Gasteiger partial charge on any atom is -0.469 e. The number of carbonyl (C=O) groups is 1. The van der Waals surface area contributed by atoms with Crippen LogP contribution in [0.3, 0.4) is 0 Å². The molecule has 0 radical (unpaired) electrons. The third kappa shape index (κ3) is 2.68. The van der Waals surface area contributed by atoms with Gasteiger partial charge in [0.25, 0.3) is 0 Å². The molecule has 2 atom stereocenters. The summed E-state index contributed by atoms with van der Waals surface area (Å²) in [6, 6.07) is 14.2. The zero-order valence-corrected chi connectivity index (χ0v) is 12.2. The van der Waals surface area contributed by atoms with Crippen molar-refractivity contribution in [2.45, 2.75) is 31.7 Å². The number of rotatable bonds is 4. The zero-order chi connectivity index (χ0) is 14.8. The number of carbonyl (C=O) groups excluding carboxylic acids is 1. The second-order valence-corrected chi connectivity index (χ2v) is 5.52. The molecule has 2 rings (SSSR count). The molecule has 0 spiro atoms. The van der Waals surface area contributed by atoms with Crippen molar-refractivity contribution in [3.05, 3.63) is 48.0 Å². The van der Waals surface area contributed by atoms with E-state index >= 15 is 0 Å². The molecule has 0 amide bonds. The Hall–Kier alpha value is -1.87. The van der Waals surface area contributed by atoms with Crippen molar-refractivity contribution < 1.29 is 9.53 Å². The minimum absolute atomic E-state index is 0.150. The first-order valence-electron chi connectivity index (χ1n) is 6.79. The lowest BCUT2D eigenvalue weighted by molar-refractivity contribution is -0.142. The van der Waals surface area contributed by atoms with Gasteiger partial charge in [0.2, 0.25) is 0 Å². The Morgan fingerprint density at radius 1 is 1.25 bits per heavy atom. The van der Waals surface area contributed by atoms with Crippen LogP contribution in [0, 0.1) is 0 Å². The summed E-state index contributed by atoms with van der Waals surface area (Å²) in [5.74, 6) is -0.238. The molecule has 2 unspecified atom stereocenters. The van der Waals surface area contributed by atoms with Gasteiger partial charge in [0.05, 0.1) is 13.5 Å². The molecule has 0 aliphatic rings. The van der Waals surface area contributed by atoms with Crippen LogP contribution in [0.15, 0.2) is 42.5 Å². The van der Waals surface area contributed by atoms with Crippen molar-refractivity contribution in [2.75, 3.05) is 7.11 Å². The van der Waals surface area contributed by atoms with Crippen molar-refractivity contribution in [3.63, 3.8) is 0 Å². The average molecular weight is 271 g/mol. The van der Waals surface area contributed by atoms with Crippen LogP contribution in [0.5, 0.6) is 0 Å². The SMILES string of the molecule is COC(=O)CC(C)(c1ccc2ccccc2c1)C(C)N. The molecule has 0 saturated carbocycles. The van der Waals surface area contributed by atoms with Gasteiger partial charge in [0, 0.05) is 11.5 Å². The summed E-state index contributed by atoms with van der Waals surface area (Å²) in [4.78, 5) is 11.7. The van der Waals surface area contributed by atoms with Gasteiger partial charge in [-0.2, -0.15) is 0 Å². The van der Waals surface area contributed by atoms with Gasteiger partial charge in [-0.25, -0.2) is 0 Å². The van der Waals surface area contributed by atoms with Gasteiger partial charge in [-0.15, -0.1) is 0 Å². The smallest absolute Gasteiger partial charge is 0.306 e. The topological polar surface area (TPSA) is 52.3 Å². The van der Waals surface area contributed by atoms with E-state index in [4.69, 9.17) is 10.5 Å². The first kappa shape index (κ1) is 14.5. The third-order valence-electron chi connectivity index (χ3n) is 4.15. The van der Waals surface area contributed by atoms with Crippen LogP contribution in [0.2, 0.25) is 0 Å². The molecular weight excluding hydrogens is 250 g/mol. The Morgan fingerprint density at radius 2 is 1.90 bits per heavy atom. The molecule has 2 N–H and O–H groups in total. The number of esters is 1. The Bertz CT molecular complexity index is 621. The molecular formula is C17H21NO2. The van der Waals surface area contributed by atoms with Crippen LogP contribution in [-0.2, 0) is 14.9 Å². The highest BCUT2D eigenvalue weighted by molar-refractivity contribution is 5.83. The Balaban J connectivity index is 2.48. The first-order valence-corrected chi connectivity index (χ1v) is 6.79. The van der Waals surface area contributed by atoms with E-state index < -0.39 is 5.41 Å². The van der Waals surface area contributed by atoms with Crippen LogP contribution < -0.4 is 5.73 Å². The van der Waals surface area contributed by atoms with Gasteiger partial charge in [0.15, 0.2) is 0 Å². The predicted molar refractivity (Wildman–Crippen MR) is 81.6 cm³/mol. The fourth-order valence-corrected chi connectivity index (χ4v) is 2.44. The molecule has 0 fully saturated rings. The molecule has 0 aromatic heterocycles. The van der Waals surface area contributed by atoms with Crippen LogP contribution in [0.4, 0.5) is 0 Å². The van der Waals surface area contributed by atoms with E-state index in [-0.39, 0.29) is 18.4 Å². The summed E-state index contributed by atoms with van der Waals surface area (Å²) in [7, 11) is 1.41. The number of methoxy groups -OCH3 is 1. The van der Waals surface area contributed by atoms with E-state index in [0.717, 1.165) is 10.9 Å². The number of nitrogens with two attached hydrogens (primary N) is 1. The average Bonchev–Trinajstić information content (AvgIpc) is 2.46. The highest BCUT2D eigenvalue weighted by Gasteiger charge is 2.34. The maximum Gasteiger partial charge on any atom is 0.306 e. The van der Waals surface area contributed by atoms with Crippen LogP contribution in [0.1, 0.15) is 25.8 Å². The lowest BCUT2D eigenvalue weighted by Crippen LogP contribution is -2.42. The summed E-state index contributed by atoms with van der Waals surface area (Å²) in [6.07, 6.45) is 0.277. The number of hydrogen-bond acceptors (Lipinski definition) is 3. The van der Waals surface area contributed by atoms with Gasteiger partial charge >= 0.3 is 5.97 Å². The lowest BCUT2D eigenvalue weighted by Gasteiger charge is -2.33. The molecule has 3 nitrogen and oxygen atoms in total. The number of hydrogen-bond donors (Lipinski definition) is 1. The summed E-state index contributed by atoms with van der Waals surface area (Å²) in [5.41, 5.74) is 6.78. The highest BCUT2D eigenvalue weighted by Crippen LogP contribution is 2.33. The second-order valence-electron chi connectivity index (χ2n) is 5.52. The van der Waals surface area contributed by atoms with Crippen LogP contribution in [0.25, 0.3) is 10.8 Å². The van der Waals surface area contributed by atoms with Gasteiger partial charge in [-0.3, -0.25) is 4.79 Å². The van der Waals surface area contributed by atoms with Crippen molar-refractivity contribution in [2.24, 2.45) is 5.73 Å². The molecule has 2 aromatic carbocycles. The van der Waals surface area contributed by atoms with Crippen molar-refractivity contribution in [3.8, 4) is 0 Å². The van der Waals surface area contributed by atoms with Crippen molar-refractivity contribution in [1.29, 1.82) is 0 Å². The Kier molecular flexibility index (Phi) is 4.09. The van der Waals surface area contributed by atoms with E-state index in [2.05, 4.69) is 30.3 Å². The normalized spacial score (nSPS) is 15.6. The highest BCUT2D eigenvalue weighted by atomic mass is 16.5. The van der Waals surface area contributed by atoms with Gasteiger partial charge < -0.3 is 10.5 Å². The Labute approximate surface area is 119 Å². The predicted octanol–water partition coefficient (Wildman–Crippen LogP) is 3.01. The maximum atomic E-state index is 11.7. The molecule has 20 heavy (non-hydrogen) atoms. The second kappa shape index (κ2) is 5.63. The minimum atomic E-state index is -0.433. The van der Waals surface area contributed by atoms with Gasteiger partial charge in [-0.05, 0) is 23.3 Å². The molecule has 0 heterocycles. The molecule has 3 heteroatoms. The summed E-state index contributed by atoms with van der Waals surface area (Å²) in [5, 5.41) is 2.34.